The van der Waals surface area contributed by atoms with E-state index in [0.29, 0.717) is 0 Å². The van der Waals surface area contributed by atoms with Crippen molar-refractivity contribution in [1.29, 1.82) is 0 Å². The summed E-state index contributed by atoms with van der Waals surface area (Å²) in [4.78, 5) is 10.6. The van der Waals surface area contributed by atoms with Crippen LogP contribution in [-0.2, 0) is 4.79 Å². The van der Waals surface area contributed by atoms with E-state index in [9.17, 15) is 14.3 Å². The van der Waals surface area contributed by atoms with Crippen LogP contribution in [-0.4, -0.2) is 22.2 Å². The predicted octanol–water partition coefficient (Wildman–Crippen LogP) is 0.359. The number of benzene rings is 1. The first kappa shape index (κ1) is 11.9. The lowest BCUT2D eigenvalue weighted by Crippen LogP contribution is -2.34. The molecule has 2 atom stereocenters. The Labute approximate surface area is 90.1 Å². The number of aliphatic hydroxyl groups excluding tert-OH is 2. The van der Waals surface area contributed by atoms with Crippen LogP contribution in [0.15, 0.2) is 18.2 Å². The first-order valence-electron chi connectivity index (χ1n) is 4.04. The maximum absolute atomic E-state index is 13.2. The van der Waals surface area contributed by atoms with Crippen LogP contribution in [0.5, 0.6) is 0 Å². The van der Waals surface area contributed by atoms with E-state index < -0.39 is 23.9 Å². The molecule has 0 saturated heterocycles. The van der Waals surface area contributed by atoms with E-state index in [1.165, 1.54) is 12.1 Å². The standard InChI is InChI=1S/C9H9ClFNO3/c10-4-2-1-3-5(11)6(4)7(13)8(14)9(12)15/h1-3,7-8,13-14H,(H2,12,15). The molecule has 1 amide bonds. The van der Waals surface area contributed by atoms with E-state index >= 15 is 0 Å². The Kier molecular flexibility index (Phi) is 3.62. The van der Waals surface area contributed by atoms with Gasteiger partial charge in [0.05, 0.1) is 0 Å². The highest BCUT2D eigenvalue weighted by Gasteiger charge is 2.27. The maximum atomic E-state index is 13.2. The topological polar surface area (TPSA) is 83.6 Å². The normalized spacial score (nSPS) is 14.7. The lowest BCUT2D eigenvalue weighted by Gasteiger charge is -2.16. The largest absolute Gasteiger partial charge is 0.385 e. The van der Waals surface area contributed by atoms with Gasteiger partial charge in [-0.15, -0.1) is 0 Å². The number of carbonyl (C=O) groups excluding carboxylic acids is 1. The molecule has 0 saturated carbocycles. The highest BCUT2D eigenvalue weighted by Crippen LogP contribution is 2.27. The number of primary amides is 1. The van der Waals surface area contributed by atoms with E-state index in [1.807, 2.05) is 0 Å². The van der Waals surface area contributed by atoms with Crippen molar-refractivity contribution in [2.24, 2.45) is 5.73 Å². The van der Waals surface area contributed by atoms with Crippen LogP contribution < -0.4 is 5.73 Å². The average molecular weight is 234 g/mol. The number of amides is 1. The van der Waals surface area contributed by atoms with Crippen molar-refractivity contribution in [2.75, 3.05) is 0 Å². The Bertz CT molecular complexity index is 365. The summed E-state index contributed by atoms with van der Waals surface area (Å²) in [6.45, 7) is 0. The SMILES string of the molecule is NC(=O)C(O)C(O)c1c(F)cccc1Cl. The Morgan fingerprint density at radius 2 is 2.07 bits per heavy atom. The second kappa shape index (κ2) is 4.57. The number of hydrogen-bond donors (Lipinski definition) is 3. The molecule has 15 heavy (non-hydrogen) atoms. The molecule has 1 aromatic carbocycles. The lowest BCUT2D eigenvalue weighted by atomic mass is 10.0. The highest BCUT2D eigenvalue weighted by atomic mass is 35.5. The van der Waals surface area contributed by atoms with Crippen LogP contribution >= 0.6 is 11.6 Å². The second-order valence-electron chi connectivity index (χ2n) is 2.93. The number of nitrogens with two attached hydrogens (primary N) is 1. The van der Waals surface area contributed by atoms with E-state index in [0.717, 1.165) is 6.07 Å². The summed E-state index contributed by atoms with van der Waals surface area (Å²) >= 11 is 5.61. The zero-order valence-electron chi connectivity index (χ0n) is 7.52. The van der Waals surface area contributed by atoms with Gasteiger partial charge < -0.3 is 15.9 Å². The molecule has 0 radical (unpaired) electrons. The molecule has 6 heteroatoms. The van der Waals surface area contributed by atoms with Crippen molar-refractivity contribution in [3.8, 4) is 0 Å². The minimum absolute atomic E-state index is 0.0807. The number of halogens is 2. The van der Waals surface area contributed by atoms with Gasteiger partial charge >= 0.3 is 0 Å². The van der Waals surface area contributed by atoms with Crippen LogP contribution in [0, 0.1) is 5.82 Å². The molecule has 2 unspecified atom stereocenters. The van der Waals surface area contributed by atoms with Crippen LogP contribution in [0.2, 0.25) is 5.02 Å². The summed E-state index contributed by atoms with van der Waals surface area (Å²) in [7, 11) is 0. The van der Waals surface area contributed by atoms with Crippen molar-refractivity contribution in [3.05, 3.63) is 34.6 Å². The molecule has 82 valence electrons. The first-order chi connectivity index (χ1) is 6.95. The lowest BCUT2D eigenvalue weighted by molar-refractivity contribution is -0.132. The summed E-state index contributed by atoms with van der Waals surface area (Å²) in [6.07, 6.45) is -3.66. The highest BCUT2D eigenvalue weighted by molar-refractivity contribution is 6.31. The molecule has 0 bridgehead atoms. The third-order valence-corrected chi connectivity index (χ3v) is 2.22. The van der Waals surface area contributed by atoms with Gasteiger partial charge in [-0.25, -0.2) is 4.39 Å². The average Bonchev–Trinajstić information content (AvgIpc) is 2.15. The molecule has 1 rings (SSSR count). The monoisotopic (exact) mass is 233 g/mol. The van der Waals surface area contributed by atoms with Crippen molar-refractivity contribution >= 4 is 17.5 Å². The summed E-state index contributed by atoms with van der Waals surface area (Å²) < 4.78 is 13.2. The van der Waals surface area contributed by atoms with Gasteiger partial charge in [-0.05, 0) is 12.1 Å². The fourth-order valence-corrected chi connectivity index (χ4v) is 1.38. The summed E-state index contributed by atoms with van der Waals surface area (Å²) in [5.74, 6) is -1.96. The fraction of sp³-hybridized carbons (Fsp3) is 0.222. The molecule has 0 spiro atoms. The third-order valence-electron chi connectivity index (χ3n) is 1.89. The van der Waals surface area contributed by atoms with Crippen molar-refractivity contribution < 1.29 is 19.4 Å². The summed E-state index contributed by atoms with van der Waals surface area (Å²) in [5, 5.41) is 18.5. The smallest absolute Gasteiger partial charge is 0.249 e. The molecule has 0 aliphatic rings. The Morgan fingerprint density at radius 1 is 1.47 bits per heavy atom. The fourth-order valence-electron chi connectivity index (χ4n) is 1.11. The molecule has 1 aromatic rings. The van der Waals surface area contributed by atoms with Gasteiger partial charge in [0, 0.05) is 10.6 Å². The summed E-state index contributed by atoms with van der Waals surface area (Å²) in [5.41, 5.74) is 4.42. The molecule has 0 aliphatic carbocycles. The Morgan fingerprint density at radius 3 is 2.53 bits per heavy atom. The van der Waals surface area contributed by atoms with Crippen LogP contribution in [0.3, 0.4) is 0 Å². The van der Waals surface area contributed by atoms with Gasteiger partial charge in [-0.3, -0.25) is 4.79 Å². The van der Waals surface area contributed by atoms with Gasteiger partial charge in [0.25, 0.3) is 0 Å². The Balaban J connectivity index is 3.10. The van der Waals surface area contributed by atoms with Gasteiger partial charge in [-0.2, -0.15) is 0 Å². The minimum atomic E-state index is -1.89. The summed E-state index contributed by atoms with van der Waals surface area (Å²) in [6, 6.07) is 3.72. The zero-order chi connectivity index (χ0) is 11.6. The molecule has 0 aliphatic heterocycles. The molecule has 0 fully saturated rings. The van der Waals surface area contributed by atoms with Crippen molar-refractivity contribution in [1.82, 2.24) is 0 Å². The van der Waals surface area contributed by atoms with Gasteiger partial charge in [0.15, 0.2) is 6.10 Å². The number of carbonyl (C=O) groups is 1. The quantitative estimate of drug-likeness (QED) is 0.705. The van der Waals surface area contributed by atoms with E-state index in [-0.39, 0.29) is 10.6 Å². The van der Waals surface area contributed by atoms with Crippen LogP contribution in [0.4, 0.5) is 4.39 Å². The second-order valence-corrected chi connectivity index (χ2v) is 3.33. The van der Waals surface area contributed by atoms with E-state index in [2.05, 4.69) is 0 Å². The maximum Gasteiger partial charge on any atom is 0.249 e. The third kappa shape index (κ3) is 2.44. The zero-order valence-corrected chi connectivity index (χ0v) is 8.28. The first-order valence-corrected chi connectivity index (χ1v) is 4.42. The van der Waals surface area contributed by atoms with Gasteiger partial charge in [0.1, 0.15) is 11.9 Å². The van der Waals surface area contributed by atoms with E-state index in [1.54, 1.807) is 0 Å². The van der Waals surface area contributed by atoms with Gasteiger partial charge in [0.2, 0.25) is 5.91 Å². The molecule has 4 nitrogen and oxygen atoms in total. The van der Waals surface area contributed by atoms with Crippen LogP contribution in [0.1, 0.15) is 11.7 Å². The van der Waals surface area contributed by atoms with Crippen LogP contribution in [0.25, 0.3) is 0 Å². The number of rotatable bonds is 3. The molecule has 0 aromatic heterocycles. The molecular weight excluding hydrogens is 225 g/mol. The van der Waals surface area contributed by atoms with Crippen molar-refractivity contribution in [2.45, 2.75) is 12.2 Å². The van der Waals surface area contributed by atoms with Gasteiger partial charge in [-0.1, -0.05) is 17.7 Å². The predicted molar refractivity (Wildman–Crippen MR) is 51.6 cm³/mol. The Hall–Kier alpha value is -1.17. The molecule has 0 heterocycles. The number of hydrogen-bond acceptors (Lipinski definition) is 3. The molecule has 4 N–H and O–H groups in total. The van der Waals surface area contributed by atoms with Crippen molar-refractivity contribution in [3.63, 3.8) is 0 Å². The molecular formula is C9H9ClFNO3. The minimum Gasteiger partial charge on any atom is -0.385 e. The van der Waals surface area contributed by atoms with E-state index in [4.69, 9.17) is 22.4 Å². The number of aliphatic hydroxyl groups is 2.